The Kier molecular flexibility index (Phi) is 5.39. The van der Waals surface area contributed by atoms with E-state index in [0.717, 1.165) is 5.69 Å². The predicted octanol–water partition coefficient (Wildman–Crippen LogP) is 4.68. The van der Waals surface area contributed by atoms with Crippen molar-refractivity contribution in [2.45, 2.75) is 20.0 Å². The SMILES string of the molecule is Cc1cc(C(=O)Nc2cccc(OCC(F)(F)F)c2)c(C)n1-c1ccccn1. The fourth-order valence-corrected chi connectivity index (χ4v) is 2.86. The van der Waals surface area contributed by atoms with Gasteiger partial charge in [-0.3, -0.25) is 4.79 Å². The Morgan fingerprint density at radius 2 is 1.93 bits per heavy atom. The van der Waals surface area contributed by atoms with E-state index in [-0.39, 0.29) is 11.7 Å². The van der Waals surface area contributed by atoms with Crippen molar-refractivity contribution in [2.75, 3.05) is 11.9 Å². The number of amides is 1. The van der Waals surface area contributed by atoms with Crippen molar-refractivity contribution in [2.24, 2.45) is 0 Å². The molecule has 5 nitrogen and oxygen atoms in total. The van der Waals surface area contributed by atoms with Gasteiger partial charge >= 0.3 is 6.18 Å². The lowest BCUT2D eigenvalue weighted by atomic mass is 10.2. The molecule has 0 bridgehead atoms. The van der Waals surface area contributed by atoms with E-state index in [1.54, 1.807) is 31.3 Å². The zero-order valence-corrected chi connectivity index (χ0v) is 15.2. The van der Waals surface area contributed by atoms with Gasteiger partial charge in [0, 0.05) is 29.3 Å². The highest BCUT2D eigenvalue weighted by molar-refractivity contribution is 6.05. The molecule has 8 heteroatoms. The summed E-state index contributed by atoms with van der Waals surface area (Å²) < 4.78 is 43.5. The number of nitrogens with zero attached hydrogens (tertiary/aromatic N) is 2. The lowest BCUT2D eigenvalue weighted by Gasteiger charge is -2.11. The fourth-order valence-electron chi connectivity index (χ4n) is 2.86. The second-order valence-electron chi connectivity index (χ2n) is 6.19. The van der Waals surface area contributed by atoms with Crippen LogP contribution in [0.15, 0.2) is 54.7 Å². The fraction of sp³-hybridized carbons (Fsp3) is 0.200. The summed E-state index contributed by atoms with van der Waals surface area (Å²) in [5, 5.41) is 2.69. The first-order chi connectivity index (χ1) is 13.2. The van der Waals surface area contributed by atoms with E-state index in [2.05, 4.69) is 10.3 Å². The van der Waals surface area contributed by atoms with Crippen LogP contribution in [0.3, 0.4) is 0 Å². The van der Waals surface area contributed by atoms with Crippen molar-refractivity contribution < 1.29 is 22.7 Å². The molecule has 28 heavy (non-hydrogen) atoms. The molecule has 1 N–H and O–H groups in total. The number of aryl methyl sites for hydroxylation is 1. The van der Waals surface area contributed by atoms with Crippen LogP contribution in [0.1, 0.15) is 21.7 Å². The zero-order valence-electron chi connectivity index (χ0n) is 15.2. The van der Waals surface area contributed by atoms with Crippen molar-refractivity contribution in [3.05, 3.63) is 71.7 Å². The Hall–Kier alpha value is -3.29. The lowest BCUT2D eigenvalue weighted by molar-refractivity contribution is -0.153. The van der Waals surface area contributed by atoms with Gasteiger partial charge in [-0.15, -0.1) is 0 Å². The minimum atomic E-state index is -4.43. The van der Waals surface area contributed by atoms with Crippen LogP contribution in [0, 0.1) is 13.8 Å². The molecule has 1 aromatic carbocycles. The molecule has 0 saturated heterocycles. The molecule has 0 atom stereocenters. The number of carbonyl (C=O) groups is 1. The maximum Gasteiger partial charge on any atom is 0.422 e. The molecule has 2 heterocycles. The molecular weight excluding hydrogens is 371 g/mol. The normalized spacial score (nSPS) is 11.3. The molecule has 0 aliphatic carbocycles. The molecule has 0 spiro atoms. The standard InChI is InChI=1S/C20H18F3N3O2/c1-13-10-17(14(2)26(13)18-8-3-4-9-24-18)19(27)25-15-6-5-7-16(11-15)28-12-20(21,22)23/h3-11H,12H2,1-2H3,(H,25,27). The van der Waals surface area contributed by atoms with Gasteiger partial charge in [0.15, 0.2) is 6.61 Å². The van der Waals surface area contributed by atoms with Gasteiger partial charge in [0.25, 0.3) is 5.91 Å². The number of nitrogens with one attached hydrogen (secondary N) is 1. The summed E-state index contributed by atoms with van der Waals surface area (Å²) in [5.41, 5.74) is 2.33. The van der Waals surface area contributed by atoms with Gasteiger partial charge in [-0.1, -0.05) is 12.1 Å². The van der Waals surface area contributed by atoms with Crippen LogP contribution in [0.25, 0.3) is 5.82 Å². The summed E-state index contributed by atoms with van der Waals surface area (Å²) in [7, 11) is 0. The van der Waals surface area contributed by atoms with E-state index in [1.165, 1.54) is 18.2 Å². The minimum Gasteiger partial charge on any atom is -0.484 e. The van der Waals surface area contributed by atoms with Crippen molar-refractivity contribution in [3.63, 3.8) is 0 Å². The summed E-state index contributed by atoms with van der Waals surface area (Å²) in [6.45, 7) is 2.28. The van der Waals surface area contributed by atoms with E-state index in [0.29, 0.717) is 22.8 Å². The topological polar surface area (TPSA) is 56.1 Å². The summed E-state index contributed by atoms with van der Waals surface area (Å²) in [6.07, 6.45) is -2.76. The van der Waals surface area contributed by atoms with Gasteiger partial charge in [0.1, 0.15) is 11.6 Å². The maximum atomic E-state index is 12.7. The molecule has 0 saturated carbocycles. The Morgan fingerprint density at radius 1 is 1.14 bits per heavy atom. The third-order valence-electron chi connectivity index (χ3n) is 4.05. The molecule has 0 radical (unpaired) electrons. The van der Waals surface area contributed by atoms with E-state index >= 15 is 0 Å². The summed E-state index contributed by atoms with van der Waals surface area (Å²) in [4.78, 5) is 17.0. The highest BCUT2D eigenvalue weighted by Gasteiger charge is 2.28. The average molecular weight is 389 g/mol. The molecule has 3 aromatic rings. The number of benzene rings is 1. The van der Waals surface area contributed by atoms with Crippen LogP contribution in [0.2, 0.25) is 0 Å². The number of alkyl halides is 3. The van der Waals surface area contributed by atoms with Gasteiger partial charge in [0.05, 0.1) is 5.56 Å². The minimum absolute atomic E-state index is 0.0223. The van der Waals surface area contributed by atoms with Crippen LogP contribution in [-0.4, -0.2) is 28.2 Å². The first kappa shape index (κ1) is 19.5. The Bertz CT molecular complexity index is 982. The Labute approximate surface area is 159 Å². The zero-order chi connectivity index (χ0) is 20.3. The third kappa shape index (κ3) is 4.51. The molecule has 3 rings (SSSR count). The molecule has 0 aliphatic heterocycles. The van der Waals surface area contributed by atoms with E-state index in [4.69, 9.17) is 4.74 Å². The number of hydrogen-bond acceptors (Lipinski definition) is 3. The van der Waals surface area contributed by atoms with E-state index in [1.807, 2.05) is 23.6 Å². The molecule has 146 valence electrons. The van der Waals surface area contributed by atoms with Gasteiger partial charge < -0.3 is 14.6 Å². The Balaban J connectivity index is 1.79. The largest absolute Gasteiger partial charge is 0.484 e. The van der Waals surface area contributed by atoms with E-state index < -0.39 is 12.8 Å². The van der Waals surface area contributed by atoms with Gasteiger partial charge in [-0.2, -0.15) is 13.2 Å². The number of aromatic nitrogens is 2. The molecular formula is C20H18F3N3O2. The number of pyridine rings is 1. The molecule has 0 fully saturated rings. The van der Waals surface area contributed by atoms with Crippen LogP contribution >= 0.6 is 0 Å². The lowest BCUT2D eigenvalue weighted by Crippen LogP contribution is -2.19. The molecule has 0 aliphatic rings. The number of ether oxygens (including phenoxy) is 1. The molecule has 1 amide bonds. The highest BCUT2D eigenvalue weighted by Crippen LogP contribution is 2.24. The van der Waals surface area contributed by atoms with Crippen molar-refractivity contribution in [1.29, 1.82) is 0 Å². The second-order valence-corrected chi connectivity index (χ2v) is 6.19. The van der Waals surface area contributed by atoms with Gasteiger partial charge in [-0.25, -0.2) is 4.98 Å². The summed E-state index contributed by atoms with van der Waals surface area (Å²) in [5.74, 6) is 0.344. The maximum absolute atomic E-state index is 12.7. The number of anilines is 1. The number of rotatable bonds is 5. The van der Waals surface area contributed by atoms with Crippen molar-refractivity contribution in [1.82, 2.24) is 9.55 Å². The number of halogens is 3. The van der Waals surface area contributed by atoms with Crippen molar-refractivity contribution >= 4 is 11.6 Å². The molecule has 2 aromatic heterocycles. The number of hydrogen-bond donors (Lipinski definition) is 1. The van der Waals surface area contributed by atoms with Crippen LogP contribution < -0.4 is 10.1 Å². The van der Waals surface area contributed by atoms with E-state index in [9.17, 15) is 18.0 Å². The smallest absolute Gasteiger partial charge is 0.422 e. The summed E-state index contributed by atoms with van der Waals surface area (Å²) >= 11 is 0. The van der Waals surface area contributed by atoms with Gasteiger partial charge in [-0.05, 0) is 44.2 Å². The van der Waals surface area contributed by atoms with Gasteiger partial charge in [0.2, 0.25) is 0 Å². The second kappa shape index (κ2) is 7.75. The Morgan fingerprint density at radius 3 is 2.61 bits per heavy atom. The first-order valence-electron chi connectivity index (χ1n) is 8.46. The first-order valence-corrected chi connectivity index (χ1v) is 8.46. The third-order valence-corrected chi connectivity index (χ3v) is 4.05. The van der Waals surface area contributed by atoms with Crippen LogP contribution in [0.4, 0.5) is 18.9 Å². The van der Waals surface area contributed by atoms with Crippen LogP contribution in [0.5, 0.6) is 5.75 Å². The van der Waals surface area contributed by atoms with Crippen molar-refractivity contribution in [3.8, 4) is 11.6 Å². The molecule has 0 unspecified atom stereocenters. The summed E-state index contributed by atoms with van der Waals surface area (Å²) in [6, 6.07) is 13.1. The number of carbonyl (C=O) groups excluding carboxylic acids is 1. The average Bonchev–Trinajstić information content (AvgIpc) is 2.95. The highest BCUT2D eigenvalue weighted by atomic mass is 19.4. The van der Waals surface area contributed by atoms with Crippen LogP contribution in [-0.2, 0) is 0 Å². The predicted molar refractivity (Wildman–Crippen MR) is 99.0 cm³/mol. The quantitative estimate of drug-likeness (QED) is 0.689. The monoisotopic (exact) mass is 389 g/mol.